The Kier molecular flexibility index (Phi) is 5.84. The zero-order chi connectivity index (χ0) is 16.2. The van der Waals surface area contributed by atoms with Crippen LogP contribution in [0.15, 0.2) is 18.2 Å². The van der Waals surface area contributed by atoms with Crippen molar-refractivity contribution < 1.29 is 4.79 Å². The van der Waals surface area contributed by atoms with Gasteiger partial charge in [0.05, 0.1) is 10.0 Å². The van der Waals surface area contributed by atoms with Gasteiger partial charge in [-0.25, -0.2) is 0 Å². The molecule has 2 heterocycles. The van der Waals surface area contributed by atoms with Crippen molar-refractivity contribution in [1.82, 2.24) is 9.80 Å². The molecular formula is C18H24Cl2N2O. The van der Waals surface area contributed by atoms with Crippen LogP contribution in [0.5, 0.6) is 0 Å². The lowest BCUT2D eigenvalue weighted by atomic mass is 10.1. The molecule has 0 N–H and O–H groups in total. The Bertz CT molecular complexity index is 564. The molecule has 3 rings (SSSR count). The molecule has 0 aromatic heterocycles. The van der Waals surface area contributed by atoms with Crippen LogP contribution in [-0.4, -0.2) is 47.9 Å². The Balaban J connectivity index is 1.47. The number of amides is 1. The second-order valence-corrected chi connectivity index (χ2v) is 7.44. The van der Waals surface area contributed by atoms with E-state index in [1.807, 2.05) is 18.2 Å². The van der Waals surface area contributed by atoms with Gasteiger partial charge in [0.15, 0.2) is 0 Å². The van der Waals surface area contributed by atoms with Crippen LogP contribution >= 0.6 is 23.2 Å². The summed E-state index contributed by atoms with van der Waals surface area (Å²) < 4.78 is 0. The topological polar surface area (TPSA) is 23.6 Å². The van der Waals surface area contributed by atoms with Gasteiger partial charge in [-0.05, 0) is 56.3 Å². The summed E-state index contributed by atoms with van der Waals surface area (Å²) in [6.45, 7) is 4.20. The number of hydrogen-bond acceptors (Lipinski definition) is 2. The SMILES string of the molecule is O=C(CCCc1ccc(Cl)c(Cl)c1)N1CCCN2CCC[C@@H]2C1. The number of carbonyl (C=O) groups excluding carboxylic acids is 1. The summed E-state index contributed by atoms with van der Waals surface area (Å²) in [7, 11) is 0. The van der Waals surface area contributed by atoms with Crippen LogP contribution in [0.2, 0.25) is 10.0 Å². The molecule has 1 amide bonds. The molecule has 0 saturated carbocycles. The zero-order valence-corrected chi connectivity index (χ0v) is 15.0. The molecule has 1 aromatic rings. The highest BCUT2D eigenvalue weighted by Gasteiger charge is 2.30. The molecule has 2 fully saturated rings. The summed E-state index contributed by atoms with van der Waals surface area (Å²) in [5, 5.41) is 1.17. The van der Waals surface area contributed by atoms with E-state index < -0.39 is 0 Å². The van der Waals surface area contributed by atoms with Crippen molar-refractivity contribution in [2.45, 2.75) is 44.6 Å². The molecule has 126 valence electrons. The van der Waals surface area contributed by atoms with Gasteiger partial charge < -0.3 is 4.90 Å². The number of halogens is 2. The predicted octanol–water partition coefficient (Wildman–Crippen LogP) is 4.01. The molecule has 0 spiro atoms. The quantitative estimate of drug-likeness (QED) is 0.815. The second-order valence-electron chi connectivity index (χ2n) is 6.63. The minimum Gasteiger partial charge on any atom is -0.341 e. The molecule has 1 atom stereocenters. The van der Waals surface area contributed by atoms with Crippen LogP contribution in [-0.2, 0) is 11.2 Å². The third kappa shape index (κ3) is 4.40. The fourth-order valence-electron chi connectivity index (χ4n) is 3.73. The lowest BCUT2D eigenvalue weighted by Crippen LogP contribution is -2.39. The standard InChI is InChI=1S/C18H24Cl2N2O/c19-16-8-7-14(12-17(16)20)4-1-6-18(23)22-11-3-10-21-9-2-5-15(21)13-22/h7-8,12,15H,1-6,9-11,13H2/t15-/m1/s1. The van der Waals surface area contributed by atoms with Gasteiger partial charge in [0.2, 0.25) is 5.91 Å². The number of nitrogens with zero attached hydrogens (tertiary/aromatic N) is 2. The normalized spacial score (nSPS) is 22.0. The van der Waals surface area contributed by atoms with Gasteiger partial charge in [-0.15, -0.1) is 0 Å². The maximum atomic E-state index is 12.5. The lowest BCUT2D eigenvalue weighted by Gasteiger charge is -2.25. The molecule has 2 aliphatic heterocycles. The molecule has 2 saturated heterocycles. The molecule has 2 aliphatic rings. The molecule has 0 unspecified atom stereocenters. The van der Waals surface area contributed by atoms with E-state index in [4.69, 9.17) is 23.2 Å². The van der Waals surface area contributed by atoms with E-state index in [0.29, 0.717) is 28.4 Å². The highest BCUT2D eigenvalue weighted by atomic mass is 35.5. The first-order valence-corrected chi connectivity index (χ1v) is 9.35. The summed E-state index contributed by atoms with van der Waals surface area (Å²) in [5.41, 5.74) is 1.14. The van der Waals surface area contributed by atoms with E-state index in [9.17, 15) is 4.79 Å². The average molecular weight is 355 g/mol. The maximum absolute atomic E-state index is 12.5. The van der Waals surface area contributed by atoms with Crippen molar-refractivity contribution in [3.05, 3.63) is 33.8 Å². The van der Waals surface area contributed by atoms with Crippen LogP contribution in [0.1, 0.15) is 37.7 Å². The average Bonchev–Trinajstić information content (AvgIpc) is 2.87. The summed E-state index contributed by atoms with van der Waals surface area (Å²) in [5.74, 6) is 0.304. The number of hydrogen-bond donors (Lipinski definition) is 0. The van der Waals surface area contributed by atoms with E-state index in [0.717, 1.165) is 44.5 Å². The van der Waals surface area contributed by atoms with E-state index in [1.54, 1.807) is 0 Å². The third-order valence-electron chi connectivity index (χ3n) is 5.00. The van der Waals surface area contributed by atoms with Crippen LogP contribution in [0.3, 0.4) is 0 Å². The summed E-state index contributed by atoms with van der Waals surface area (Å²) in [4.78, 5) is 17.2. The van der Waals surface area contributed by atoms with Crippen molar-refractivity contribution >= 4 is 29.1 Å². The minimum absolute atomic E-state index is 0.304. The molecule has 1 aromatic carbocycles. The smallest absolute Gasteiger partial charge is 0.222 e. The Morgan fingerprint density at radius 3 is 2.78 bits per heavy atom. The van der Waals surface area contributed by atoms with Crippen LogP contribution in [0.25, 0.3) is 0 Å². The summed E-state index contributed by atoms with van der Waals surface area (Å²) >= 11 is 12.0. The number of benzene rings is 1. The van der Waals surface area contributed by atoms with Crippen LogP contribution in [0, 0.1) is 0 Å². The van der Waals surface area contributed by atoms with Crippen molar-refractivity contribution in [3.8, 4) is 0 Å². The lowest BCUT2D eigenvalue weighted by molar-refractivity contribution is -0.131. The van der Waals surface area contributed by atoms with Gasteiger partial charge in [0.1, 0.15) is 0 Å². The van der Waals surface area contributed by atoms with Crippen molar-refractivity contribution in [3.63, 3.8) is 0 Å². The van der Waals surface area contributed by atoms with E-state index in [2.05, 4.69) is 9.80 Å². The zero-order valence-electron chi connectivity index (χ0n) is 13.4. The second kappa shape index (κ2) is 7.87. The maximum Gasteiger partial charge on any atom is 0.222 e. The highest BCUT2D eigenvalue weighted by molar-refractivity contribution is 6.42. The van der Waals surface area contributed by atoms with Gasteiger partial charge in [0, 0.05) is 32.1 Å². The summed E-state index contributed by atoms with van der Waals surface area (Å²) in [6, 6.07) is 6.30. The molecule has 0 aliphatic carbocycles. The van der Waals surface area contributed by atoms with Gasteiger partial charge >= 0.3 is 0 Å². The van der Waals surface area contributed by atoms with Crippen LogP contribution in [0.4, 0.5) is 0 Å². The Morgan fingerprint density at radius 2 is 1.96 bits per heavy atom. The highest BCUT2D eigenvalue weighted by Crippen LogP contribution is 2.24. The van der Waals surface area contributed by atoms with Crippen molar-refractivity contribution in [2.24, 2.45) is 0 Å². The minimum atomic E-state index is 0.304. The van der Waals surface area contributed by atoms with Gasteiger partial charge in [-0.2, -0.15) is 0 Å². The Morgan fingerprint density at radius 1 is 1.13 bits per heavy atom. The first kappa shape index (κ1) is 17.1. The van der Waals surface area contributed by atoms with Gasteiger partial charge in [0.25, 0.3) is 0 Å². The van der Waals surface area contributed by atoms with E-state index >= 15 is 0 Å². The molecule has 0 radical (unpaired) electrons. The molecule has 3 nitrogen and oxygen atoms in total. The Hall–Kier alpha value is -0.770. The molecule has 0 bridgehead atoms. The molecular weight excluding hydrogens is 331 g/mol. The number of aryl methyl sites for hydroxylation is 1. The number of carbonyl (C=O) groups is 1. The van der Waals surface area contributed by atoms with Crippen molar-refractivity contribution in [1.29, 1.82) is 0 Å². The first-order valence-electron chi connectivity index (χ1n) is 8.59. The number of rotatable bonds is 4. The van der Waals surface area contributed by atoms with E-state index in [-0.39, 0.29) is 0 Å². The van der Waals surface area contributed by atoms with Crippen molar-refractivity contribution in [2.75, 3.05) is 26.2 Å². The first-order chi connectivity index (χ1) is 11.1. The van der Waals surface area contributed by atoms with Gasteiger partial charge in [-0.3, -0.25) is 9.69 Å². The monoisotopic (exact) mass is 354 g/mol. The van der Waals surface area contributed by atoms with Gasteiger partial charge in [-0.1, -0.05) is 29.3 Å². The molecule has 5 heteroatoms. The summed E-state index contributed by atoms with van der Waals surface area (Å²) in [6.07, 6.45) is 5.98. The molecule has 23 heavy (non-hydrogen) atoms. The van der Waals surface area contributed by atoms with E-state index in [1.165, 1.54) is 19.4 Å². The fourth-order valence-corrected chi connectivity index (χ4v) is 4.05. The predicted molar refractivity (Wildman–Crippen MR) is 95.2 cm³/mol. The van der Waals surface area contributed by atoms with Crippen LogP contribution < -0.4 is 0 Å². The number of fused-ring (bicyclic) bond motifs is 1. The Labute approximate surface area is 148 Å². The fraction of sp³-hybridized carbons (Fsp3) is 0.611. The third-order valence-corrected chi connectivity index (χ3v) is 5.74. The largest absolute Gasteiger partial charge is 0.341 e.